The van der Waals surface area contributed by atoms with Crippen LogP contribution in [0, 0.1) is 4.91 Å². The van der Waals surface area contributed by atoms with Gasteiger partial charge in [-0.05, 0) is 29.6 Å². The molecular weight excluding hydrogens is 238 g/mol. The summed E-state index contributed by atoms with van der Waals surface area (Å²) in [6.07, 6.45) is 0. The molecule has 0 radical (unpaired) electrons. The summed E-state index contributed by atoms with van der Waals surface area (Å²) in [5, 5.41) is 3.86. The number of nitroso groups, excluding NO2 is 1. The summed E-state index contributed by atoms with van der Waals surface area (Å²) in [6.45, 7) is 1.94. The summed E-state index contributed by atoms with van der Waals surface area (Å²) in [5.74, 6) is -0.589. The molecule has 2 rings (SSSR count). The highest BCUT2D eigenvalue weighted by molar-refractivity contribution is 7.19. The molecule has 5 heteroatoms. The Morgan fingerprint density at radius 1 is 1.47 bits per heavy atom. The maximum atomic E-state index is 11.5. The molecule has 1 heterocycles. The van der Waals surface area contributed by atoms with Gasteiger partial charge in [-0.15, -0.1) is 16.2 Å². The molecule has 2 aromatic rings. The molecule has 1 aromatic carbocycles. The number of hydrogen-bond donors (Lipinski definition) is 0. The highest BCUT2D eigenvalue weighted by atomic mass is 32.1. The van der Waals surface area contributed by atoms with Crippen LogP contribution in [0.4, 0.5) is 0 Å². The minimum absolute atomic E-state index is 0.246. The van der Waals surface area contributed by atoms with Gasteiger partial charge in [-0.2, -0.15) is 0 Å². The van der Waals surface area contributed by atoms with E-state index in [9.17, 15) is 9.70 Å². The van der Waals surface area contributed by atoms with Crippen LogP contribution >= 0.6 is 11.3 Å². The SMILES string of the molecule is CCOC(=O)C(N=O)c1cc2ccccc2s1. The Kier molecular flexibility index (Phi) is 3.49. The molecule has 0 bridgehead atoms. The lowest BCUT2D eigenvalue weighted by Gasteiger charge is -2.05. The summed E-state index contributed by atoms with van der Waals surface area (Å²) in [5.41, 5.74) is 0. The third kappa shape index (κ3) is 2.34. The summed E-state index contributed by atoms with van der Waals surface area (Å²) < 4.78 is 5.85. The molecule has 0 aliphatic carbocycles. The van der Waals surface area contributed by atoms with Crippen LogP contribution in [0.2, 0.25) is 0 Å². The quantitative estimate of drug-likeness (QED) is 0.617. The summed E-state index contributed by atoms with van der Waals surface area (Å²) in [6, 6.07) is 8.46. The normalized spacial score (nSPS) is 12.3. The fraction of sp³-hybridized carbons (Fsp3) is 0.250. The van der Waals surface area contributed by atoms with Gasteiger partial charge in [-0.25, -0.2) is 4.79 Å². The van der Waals surface area contributed by atoms with Crippen LogP contribution in [0.25, 0.3) is 10.1 Å². The molecule has 1 unspecified atom stereocenters. The largest absolute Gasteiger partial charge is 0.464 e. The first-order valence-corrected chi connectivity index (χ1v) is 6.05. The maximum Gasteiger partial charge on any atom is 0.340 e. The van der Waals surface area contributed by atoms with Gasteiger partial charge in [-0.3, -0.25) is 0 Å². The molecule has 88 valence electrons. The third-order valence-electron chi connectivity index (χ3n) is 2.33. The van der Waals surface area contributed by atoms with E-state index in [-0.39, 0.29) is 6.61 Å². The van der Waals surface area contributed by atoms with Gasteiger partial charge in [0.05, 0.1) is 6.61 Å². The van der Waals surface area contributed by atoms with Crippen molar-refractivity contribution in [1.29, 1.82) is 0 Å². The van der Waals surface area contributed by atoms with E-state index in [0.717, 1.165) is 10.1 Å². The number of benzene rings is 1. The van der Waals surface area contributed by atoms with Crippen molar-refractivity contribution in [2.45, 2.75) is 13.0 Å². The van der Waals surface area contributed by atoms with Crippen molar-refractivity contribution >= 4 is 27.4 Å². The monoisotopic (exact) mass is 249 g/mol. The highest BCUT2D eigenvalue weighted by Crippen LogP contribution is 2.32. The van der Waals surface area contributed by atoms with Crippen LogP contribution in [0.1, 0.15) is 17.8 Å². The van der Waals surface area contributed by atoms with Crippen LogP contribution in [0.15, 0.2) is 35.5 Å². The van der Waals surface area contributed by atoms with E-state index in [1.54, 1.807) is 6.92 Å². The average Bonchev–Trinajstić information content (AvgIpc) is 2.73. The highest BCUT2D eigenvalue weighted by Gasteiger charge is 2.24. The van der Waals surface area contributed by atoms with E-state index < -0.39 is 12.0 Å². The molecule has 17 heavy (non-hydrogen) atoms. The van der Waals surface area contributed by atoms with Gasteiger partial charge in [0, 0.05) is 9.58 Å². The predicted octanol–water partition coefficient (Wildman–Crippen LogP) is 3.27. The Hall–Kier alpha value is -1.75. The van der Waals surface area contributed by atoms with Crippen molar-refractivity contribution in [2.75, 3.05) is 6.61 Å². The Morgan fingerprint density at radius 3 is 2.88 bits per heavy atom. The van der Waals surface area contributed by atoms with E-state index >= 15 is 0 Å². The molecule has 0 amide bonds. The maximum absolute atomic E-state index is 11.5. The van der Waals surface area contributed by atoms with E-state index in [1.165, 1.54) is 11.3 Å². The molecule has 0 saturated heterocycles. The zero-order valence-electron chi connectivity index (χ0n) is 9.25. The minimum atomic E-state index is -1.05. The van der Waals surface area contributed by atoms with Crippen LogP contribution in [0.5, 0.6) is 0 Å². The summed E-state index contributed by atoms with van der Waals surface area (Å²) >= 11 is 1.39. The smallest absolute Gasteiger partial charge is 0.340 e. The second kappa shape index (κ2) is 5.05. The molecule has 0 aliphatic rings. The lowest BCUT2D eigenvalue weighted by Crippen LogP contribution is -2.12. The number of carbonyl (C=O) groups excluding carboxylic acids is 1. The van der Waals surface area contributed by atoms with Gasteiger partial charge < -0.3 is 4.74 Å². The van der Waals surface area contributed by atoms with Gasteiger partial charge in [0.25, 0.3) is 0 Å². The number of rotatable bonds is 4. The fourth-order valence-electron chi connectivity index (χ4n) is 1.57. The number of carbonyl (C=O) groups is 1. The molecule has 0 aliphatic heterocycles. The first kappa shape index (κ1) is 11.7. The van der Waals surface area contributed by atoms with Gasteiger partial charge in [0.1, 0.15) is 0 Å². The third-order valence-corrected chi connectivity index (χ3v) is 3.50. The fourth-order valence-corrected chi connectivity index (χ4v) is 2.65. The van der Waals surface area contributed by atoms with Crippen LogP contribution in [-0.4, -0.2) is 12.6 Å². The van der Waals surface area contributed by atoms with Gasteiger partial charge in [-0.1, -0.05) is 18.2 Å². The number of esters is 1. The van der Waals surface area contributed by atoms with Crippen LogP contribution in [-0.2, 0) is 9.53 Å². The summed E-state index contributed by atoms with van der Waals surface area (Å²) in [7, 11) is 0. The first-order valence-electron chi connectivity index (χ1n) is 5.24. The van der Waals surface area contributed by atoms with Gasteiger partial charge in [0.2, 0.25) is 6.04 Å². The second-order valence-corrected chi connectivity index (χ2v) is 4.56. The Balaban J connectivity index is 2.36. The molecule has 1 aromatic heterocycles. The lowest BCUT2D eigenvalue weighted by molar-refractivity contribution is -0.144. The number of hydrogen-bond acceptors (Lipinski definition) is 5. The van der Waals surface area contributed by atoms with Crippen molar-refractivity contribution in [1.82, 2.24) is 0 Å². The van der Waals surface area contributed by atoms with E-state index in [2.05, 4.69) is 5.18 Å². The average molecular weight is 249 g/mol. The standard InChI is InChI=1S/C12H11NO3S/c1-2-16-12(14)11(13-15)10-7-8-5-3-4-6-9(8)17-10/h3-7,11H,2H2,1H3. The van der Waals surface area contributed by atoms with E-state index in [4.69, 9.17) is 4.74 Å². The van der Waals surface area contributed by atoms with Crippen LogP contribution < -0.4 is 0 Å². The van der Waals surface area contributed by atoms with Gasteiger partial charge in [0.15, 0.2) is 0 Å². The minimum Gasteiger partial charge on any atom is -0.464 e. The van der Waals surface area contributed by atoms with Crippen LogP contribution in [0.3, 0.4) is 0 Å². The Labute approximate surface area is 102 Å². The predicted molar refractivity (Wildman–Crippen MR) is 67.0 cm³/mol. The summed E-state index contributed by atoms with van der Waals surface area (Å²) in [4.78, 5) is 22.9. The Bertz CT molecular complexity index is 516. The molecule has 0 N–H and O–H groups in total. The molecular formula is C12H11NO3S. The van der Waals surface area contributed by atoms with Crippen molar-refractivity contribution in [3.05, 3.63) is 40.1 Å². The Morgan fingerprint density at radius 2 is 2.24 bits per heavy atom. The number of nitrogens with zero attached hydrogens (tertiary/aromatic N) is 1. The molecule has 0 fully saturated rings. The lowest BCUT2D eigenvalue weighted by atomic mass is 10.2. The molecule has 1 atom stereocenters. The molecule has 0 saturated carbocycles. The van der Waals surface area contributed by atoms with E-state index in [0.29, 0.717) is 4.88 Å². The zero-order chi connectivity index (χ0) is 12.3. The second-order valence-electron chi connectivity index (χ2n) is 3.45. The number of fused-ring (bicyclic) bond motifs is 1. The topological polar surface area (TPSA) is 55.7 Å². The van der Waals surface area contributed by atoms with Crippen molar-refractivity contribution in [3.8, 4) is 0 Å². The molecule has 4 nitrogen and oxygen atoms in total. The van der Waals surface area contributed by atoms with Crippen molar-refractivity contribution < 1.29 is 9.53 Å². The number of ether oxygens (including phenoxy) is 1. The van der Waals surface area contributed by atoms with Gasteiger partial charge >= 0.3 is 5.97 Å². The zero-order valence-corrected chi connectivity index (χ0v) is 10.1. The number of thiophene rings is 1. The van der Waals surface area contributed by atoms with Crippen molar-refractivity contribution in [2.24, 2.45) is 5.18 Å². The molecule has 0 spiro atoms. The first-order chi connectivity index (χ1) is 8.26. The van der Waals surface area contributed by atoms with E-state index in [1.807, 2.05) is 30.3 Å². The van der Waals surface area contributed by atoms with Crippen molar-refractivity contribution in [3.63, 3.8) is 0 Å².